The quantitative estimate of drug-likeness (QED) is 0.815. The average molecular weight is 266 g/mol. The van der Waals surface area contributed by atoms with Gasteiger partial charge in [0.2, 0.25) is 0 Å². The van der Waals surface area contributed by atoms with E-state index < -0.39 is 0 Å². The summed E-state index contributed by atoms with van der Waals surface area (Å²) in [6, 6.07) is 5.07. The fourth-order valence-corrected chi connectivity index (χ4v) is 3.24. The Bertz CT molecular complexity index is 431. The van der Waals surface area contributed by atoms with Crippen LogP contribution in [0, 0.1) is 5.92 Å². The van der Waals surface area contributed by atoms with Crippen molar-refractivity contribution in [3.63, 3.8) is 0 Å². The van der Waals surface area contributed by atoms with E-state index in [-0.39, 0.29) is 5.91 Å². The fraction of sp³-hybridized carbons (Fsp3) is 0.462. The van der Waals surface area contributed by atoms with Gasteiger partial charge in [-0.1, -0.05) is 0 Å². The lowest BCUT2D eigenvalue weighted by Gasteiger charge is -2.11. The maximum atomic E-state index is 12.0. The van der Waals surface area contributed by atoms with Crippen molar-refractivity contribution < 1.29 is 9.53 Å². The zero-order valence-electron chi connectivity index (χ0n) is 10.4. The Morgan fingerprint density at radius 2 is 2.39 bits per heavy atom. The van der Waals surface area contributed by atoms with E-state index in [0.717, 1.165) is 12.3 Å². The highest BCUT2D eigenvalue weighted by molar-refractivity contribution is 7.99. The average Bonchev–Trinajstić information content (AvgIpc) is 2.88. The Balaban J connectivity index is 1.97. The maximum absolute atomic E-state index is 12.0. The van der Waals surface area contributed by atoms with Gasteiger partial charge in [-0.05, 0) is 36.0 Å². The van der Waals surface area contributed by atoms with Crippen molar-refractivity contribution in [1.82, 2.24) is 5.32 Å². The summed E-state index contributed by atoms with van der Waals surface area (Å²) in [4.78, 5) is 12.0. The van der Waals surface area contributed by atoms with E-state index in [1.807, 2.05) is 11.8 Å². The number of nitrogens with two attached hydrogens (primary N) is 1. The number of carbonyl (C=O) groups is 1. The molecule has 98 valence electrons. The summed E-state index contributed by atoms with van der Waals surface area (Å²) in [6.45, 7) is 0.739. The molecule has 0 aliphatic carbocycles. The minimum absolute atomic E-state index is 0.0856. The molecule has 0 aromatic heterocycles. The summed E-state index contributed by atoms with van der Waals surface area (Å²) in [7, 11) is 1.56. The summed E-state index contributed by atoms with van der Waals surface area (Å²) in [5.74, 6) is 3.46. The zero-order chi connectivity index (χ0) is 13.0. The summed E-state index contributed by atoms with van der Waals surface area (Å²) in [5, 5.41) is 2.96. The standard InChI is InChI=1S/C13H18N2O2S/c1-17-12-5-10(4-11(14)6-12)13(16)15-7-9-2-3-18-8-9/h4-6,9H,2-3,7-8,14H2,1H3,(H,15,16). The molecule has 1 atom stereocenters. The number of hydrogen-bond donors (Lipinski definition) is 2. The summed E-state index contributed by atoms with van der Waals surface area (Å²) in [5.41, 5.74) is 6.82. The van der Waals surface area contributed by atoms with Crippen molar-refractivity contribution >= 4 is 23.4 Å². The number of nitrogen functional groups attached to an aromatic ring is 1. The molecule has 0 bridgehead atoms. The van der Waals surface area contributed by atoms with Gasteiger partial charge in [0.05, 0.1) is 7.11 Å². The summed E-state index contributed by atoms with van der Waals surface area (Å²) in [6.07, 6.45) is 1.19. The molecule has 1 aromatic rings. The summed E-state index contributed by atoms with van der Waals surface area (Å²) < 4.78 is 5.10. The van der Waals surface area contributed by atoms with Crippen LogP contribution in [0.15, 0.2) is 18.2 Å². The molecule has 0 spiro atoms. The van der Waals surface area contributed by atoms with Gasteiger partial charge in [0.15, 0.2) is 0 Å². The zero-order valence-corrected chi connectivity index (χ0v) is 11.3. The van der Waals surface area contributed by atoms with Crippen molar-refractivity contribution in [1.29, 1.82) is 0 Å². The SMILES string of the molecule is COc1cc(N)cc(C(=O)NCC2CCSC2)c1. The van der Waals surface area contributed by atoms with Crippen molar-refractivity contribution in [3.05, 3.63) is 23.8 Å². The maximum Gasteiger partial charge on any atom is 0.251 e. The third-order valence-electron chi connectivity index (χ3n) is 3.00. The van der Waals surface area contributed by atoms with Crippen LogP contribution in [0.5, 0.6) is 5.75 Å². The van der Waals surface area contributed by atoms with Gasteiger partial charge in [0.1, 0.15) is 5.75 Å². The van der Waals surface area contributed by atoms with E-state index >= 15 is 0 Å². The van der Waals surface area contributed by atoms with Crippen LogP contribution in [-0.2, 0) is 0 Å². The Morgan fingerprint density at radius 1 is 1.56 bits per heavy atom. The molecular formula is C13H18N2O2S. The molecule has 18 heavy (non-hydrogen) atoms. The Labute approximate surface area is 111 Å². The number of methoxy groups -OCH3 is 1. The van der Waals surface area contributed by atoms with Gasteiger partial charge in [-0.15, -0.1) is 0 Å². The second-order valence-corrected chi connectivity index (χ2v) is 5.58. The van der Waals surface area contributed by atoms with Crippen LogP contribution >= 0.6 is 11.8 Å². The molecule has 0 saturated carbocycles. The van der Waals surface area contributed by atoms with Crippen molar-refractivity contribution in [2.75, 3.05) is 30.9 Å². The molecule has 1 saturated heterocycles. The number of hydrogen-bond acceptors (Lipinski definition) is 4. The van der Waals surface area contributed by atoms with E-state index in [2.05, 4.69) is 5.32 Å². The molecular weight excluding hydrogens is 248 g/mol. The number of benzene rings is 1. The number of ether oxygens (including phenoxy) is 1. The second kappa shape index (κ2) is 6.00. The van der Waals surface area contributed by atoms with Gasteiger partial charge in [-0.2, -0.15) is 11.8 Å². The van der Waals surface area contributed by atoms with E-state index in [0.29, 0.717) is 22.9 Å². The van der Waals surface area contributed by atoms with Crippen LogP contribution in [0.3, 0.4) is 0 Å². The molecule has 2 rings (SSSR count). The first kappa shape index (κ1) is 13.1. The molecule has 5 heteroatoms. The number of carbonyl (C=O) groups excluding carboxylic acids is 1. The van der Waals surface area contributed by atoms with Gasteiger partial charge in [-0.3, -0.25) is 4.79 Å². The van der Waals surface area contributed by atoms with E-state index in [1.165, 1.54) is 12.2 Å². The van der Waals surface area contributed by atoms with Gasteiger partial charge in [0, 0.05) is 23.9 Å². The van der Waals surface area contributed by atoms with Crippen LogP contribution in [0.4, 0.5) is 5.69 Å². The number of thioether (sulfide) groups is 1. The molecule has 1 aliphatic heterocycles. The van der Waals surface area contributed by atoms with E-state index in [4.69, 9.17) is 10.5 Å². The molecule has 1 unspecified atom stereocenters. The predicted molar refractivity (Wildman–Crippen MR) is 75.2 cm³/mol. The molecule has 3 N–H and O–H groups in total. The molecule has 1 aliphatic rings. The second-order valence-electron chi connectivity index (χ2n) is 4.43. The first-order chi connectivity index (χ1) is 8.69. The van der Waals surface area contributed by atoms with Crippen LogP contribution in [0.1, 0.15) is 16.8 Å². The normalized spacial score (nSPS) is 18.6. The highest BCUT2D eigenvalue weighted by Crippen LogP contribution is 2.23. The number of anilines is 1. The smallest absolute Gasteiger partial charge is 0.251 e. The highest BCUT2D eigenvalue weighted by atomic mass is 32.2. The van der Waals surface area contributed by atoms with Gasteiger partial charge in [-0.25, -0.2) is 0 Å². The molecule has 0 radical (unpaired) electrons. The van der Waals surface area contributed by atoms with Gasteiger partial charge >= 0.3 is 0 Å². The largest absolute Gasteiger partial charge is 0.497 e. The monoisotopic (exact) mass is 266 g/mol. The number of rotatable bonds is 4. The summed E-state index contributed by atoms with van der Waals surface area (Å²) >= 11 is 1.95. The van der Waals surface area contributed by atoms with Crippen molar-refractivity contribution in [2.45, 2.75) is 6.42 Å². The molecule has 1 aromatic carbocycles. The highest BCUT2D eigenvalue weighted by Gasteiger charge is 2.17. The first-order valence-electron chi connectivity index (χ1n) is 5.99. The molecule has 1 heterocycles. The predicted octanol–water partition coefficient (Wildman–Crippen LogP) is 1.76. The Hall–Kier alpha value is -1.36. The van der Waals surface area contributed by atoms with Gasteiger partial charge in [0.25, 0.3) is 5.91 Å². The first-order valence-corrected chi connectivity index (χ1v) is 7.15. The van der Waals surface area contributed by atoms with Crippen LogP contribution in [0.25, 0.3) is 0 Å². The lowest BCUT2D eigenvalue weighted by Crippen LogP contribution is -2.29. The van der Waals surface area contributed by atoms with E-state index in [1.54, 1.807) is 25.3 Å². The van der Waals surface area contributed by atoms with Crippen molar-refractivity contribution in [2.24, 2.45) is 5.92 Å². The third kappa shape index (κ3) is 3.32. The number of nitrogens with one attached hydrogen (secondary N) is 1. The van der Waals surface area contributed by atoms with E-state index in [9.17, 15) is 4.79 Å². The fourth-order valence-electron chi connectivity index (χ4n) is 1.95. The van der Waals surface area contributed by atoms with Crippen LogP contribution < -0.4 is 15.8 Å². The van der Waals surface area contributed by atoms with Crippen molar-refractivity contribution in [3.8, 4) is 5.75 Å². The lowest BCUT2D eigenvalue weighted by atomic mass is 10.1. The van der Waals surface area contributed by atoms with Crippen LogP contribution in [0.2, 0.25) is 0 Å². The Morgan fingerprint density at radius 3 is 3.06 bits per heavy atom. The topological polar surface area (TPSA) is 64.3 Å². The molecule has 1 fully saturated rings. The molecule has 4 nitrogen and oxygen atoms in total. The van der Waals surface area contributed by atoms with Gasteiger partial charge < -0.3 is 15.8 Å². The third-order valence-corrected chi connectivity index (χ3v) is 4.23. The minimum Gasteiger partial charge on any atom is -0.497 e. The minimum atomic E-state index is -0.0856. The Kier molecular flexibility index (Phi) is 4.36. The molecule has 1 amide bonds. The number of amides is 1. The lowest BCUT2D eigenvalue weighted by molar-refractivity contribution is 0.0948. The van der Waals surface area contributed by atoms with Crippen LogP contribution in [-0.4, -0.2) is 31.1 Å².